The molecule has 2 amide bonds. The zero-order chi connectivity index (χ0) is 22.2. The molecular formula is C28H26N2O2. The second kappa shape index (κ2) is 8.12. The van der Waals surface area contributed by atoms with Crippen molar-refractivity contribution in [1.82, 2.24) is 4.90 Å². The molecule has 0 unspecified atom stereocenters. The Hall–Kier alpha value is -3.66. The minimum atomic E-state index is -0.253. The summed E-state index contributed by atoms with van der Waals surface area (Å²) >= 11 is 0. The third-order valence-corrected chi connectivity index (χ3v) is 6.45. The third kappa shape index (κ3) is 3.42. The van der Waals surface area contributed by atoms with Gasteiger partial charge in [0.15, 0.2) is 0 Å². The van der Waals surface area contributed by atoms with Gasteiger partial charge in [0.25, 0.3) is 11.8 Å². The first-order valence-electron chi connectivity index (χ1n) is 11.2. The maximum absolute atomic E-state index is 13.7. The summed E-state index contributed by atoms with van der Waals surface area (Å²) in [6.07, 6.45) is 1.76. The Balaban J connectivity index is 1.60. The van der Waals surface area contributed by atoms with E-state index in [2.05, 4.69) is 30.0 Å². The molecule has 4 nitrogen and oxygen atoms in total. The summed E-state index contributed by atoms with van der Waals surface area (Å²) in [7, 11) is 0. The number of rotatable bonds is 4. The van der Waals surface area contributed by atoms with Crippen LogP contribution >= 0.6 is 0 Å². The largest absolute Gasteiger partial charge is 0.362 e. The summed E-state index contributed by atoms with van der Waals surface area (Å²) in [5.74, 6) is -0.494. The Labute approximate surface area is 188 Å². The number of hydrogen-bond acceptors (Lipinski definition) is 3. The molecule has 2 aliphatic heterocycles. The van der Waals surface area contributed by atoms with Gasteiger partial charge in [0, 0.05) is 13.1 Å². The van der Waals surface area contributed by atoms with Crippen molar-refractivity contribution in [3.05, 3.63) is 106 Å². The van der Waals surface area contributed by atoms with E-state index in [1.54, 1.807) is 0 Å². The van der Waals surface area contributed by atoms with Gasteiger partial charge in [-0.2, -0.15) is 0 Å². The summed E-state index contributed by atoms with van der Waals surface area (Å²) < 4.78 is 0. The predicted octanol–water partition coefficient (Wildman–Crippen LogP) is 4.90. The van der Waals surface area contributed by atoms with Crippen molar-refractivity contribution in [3.8, 4) is 0 Å². The van der Waals surface area contributed by atoms with Gasteiger partial charge in [-0.25, -0.2) is 4.90 Å². The van der Waals surface area contributed by atoms with Crippen LogP contribution in [0.25, 0.3) is 5.57 Å². The monoisotopic (exact) mass is 422 g/mol. The molecule has 2 heterocycles. The zero-order valence-corrected chi connectivity index (χ0v) is 18.5. The minimum Gasteiger partial charge on any atom is -0.362 e. The van der Waals surface area contributed by atoms with Crippen LogP contribution in [-0.2, 0) is 29.0 Å². The van der Waals surface area contributed by atoms with Crippen LogP contribution in [0.3, 0.4) is 0 Å². The van der Waals surface area contributed by atoms with Crippen molar-refractivity contribution >= 4 is 23.1 Å². The lowest BCUT2D eigenvalue weighted by Crippen LogP contribution is -2.37. The fourth-order valence-electron chi connectivity index (χ4n) is 4.59. The summed E-state index contributed by atoms with van der Waals surface area (Å²) in [6, 6.07) is 23.9. The van der Waals surface area contributed by atoms with Crippen LogP contribution in [0, 0.1) is 6.92 Å². The molecule has 4 heteroatoms. The fourth-order valence-corrected chi connectivity index (χ4v) is 4.59. The topological polar surface area (TPSA) is 40.6 Å². The molecule has 0 N–H and O–H groups in total. The van der Waals surface area contributed by atoms with E-state index >= 15 is 0 Å². The first kappa shape index (κ1) is 20.3. The molecule has 0 bridgehead atoms. The van der Waals surface area contributed by atoms with Gasteiger partial charge in [0.05, 0.1) is 11.3 Å². The highest BCUT2D eigenvalue weighted by Crippen LogP contribution is 2.37. The first-order valence-corrected chi connectivity index (χ1v) is 11.2. The van der Waals surface area contributed by atoms with E-state index < -0.39 is 0 Å². The minimum absolute atomic E-state index is 0.241. The fraction of sp³-hybridized carbons (Fsp3) is 0.214. The normalized spacial score (nSPS) is 16.1. The number of carbonyl (C=O) groups excluding carboxylic acids is 2. The molecule has 0 radical (unpaired) electrons. The van der Waals surface area contributed by atoms with Gasteiger partial charge in [0.1, 0.15) is 5.70 Å². The van der Waals surface area contributed by atoms with Gasteiger partial charge >= 0.3 is 0 Å². The number of anilines is 1. The molecule has 0 saturated heterocycles. The van der Waals surface area contributed by atoms with E-state index in [1.165, 1.54) is 21.6 Å². The molecule has 2 aliphatic rings. The molecule has 0 aliphatic carbocycles. The maximum atomic E-state index is 13.7. The van der Waals surface area contributed by atoms with Crippen LogP contribution in [0.4, 0.5) is 5.69 Å². The van der Waals surface area contributed by atoms with Crippen LogP contribution in [0.5, 0.6) is 0 Å². The molecule has 0 aromatic heterocycles. The van der Waals surface area contributed by atoms with Gasteiger partial charge < -0.3 is 4.90 Å². The molecule has 5 rings (SSSR count). The number of imide groups is 1. The van der Waals surface area contributed by atoms with E-state index in [1.807, 2.05) is 61.5 Å². The highest BCUT2D eigenvalue weighted by Gasteiger charge is 2.43. The quantitative estimate of drug-likeness (QED) is 0.562. The Bertz CT molecular complexity index is 1220. The second-order valence-electron chi connectivity index (χ2n) is 8.50. The smallest absolute Gasteiger partial charge is 0.282 e. The summed E-state index contributed by atoms with van der Waals surface area (Å²) in [6.45, 7) is 5.44. The van der Waals surface area contributed by atoms with E-state index in [9.17, 15) is 9.59 Å². The number of amides is 2. The van der Waals surface area contributed by atoms with Gasteiger partial charge in [-0.05, 0) is 54.2 Å². The highest BCUT2D eigenvalue weighted by molar-refractivity contribution is 6.45. The van der Waals surface area contributed by atoms with Crippen LogP contribution in [0.1, 0.15) is 34.7 Å². The van der Waals surface area contributed by atoms with Crippen LogP contribution in [0.15, 0.2) is 78.5 Å². The van der Waals surface area contributed by atoms with Gasteiger partial charge in [-0.3, -0.25) is 9.59 Å². The van der Waals surface area contributed by atoms with Gasteiger partial charge in [-0.1, -0.05) is 73.2 Å². The lowest BCUT2D eigenvalue weighted by Gasteiger charge is -2.31. The lowest BCUT2D eigenvalue weighted by atomic mass is 9.97. The first-order chi connectivity index (χ1) is 15.6. The van der Waals surface area contributed by atoms with Crippen molar-refractivity contribution in [2.24, 2.45) is 0 Å². The number of hydrogen-bond donors (Lipinski definition) is 0. The van der Waals surface area contributed by atoms with E-state index in [4.69, 9.17) is 0 Å². The average Bonchev–Trinajstić information content (AvgIpc) is 3.09. The van der Waals surface area contributed by atoms with Crippen molar-refractivity contribution in [3.63, 3.8) is 0 Å². The Morgan fingerprint density at radius 1 is 0.812 bits per heavy atom. The molecule has 0 spiro atoms. The third-order valence-electron chi connectivity index (χ3n) is 6.45. The summed E-state index contributed by atoms with van der Waals surface area (Å²) in [4.78, 5) is 30.8. The molecule has 0 atom stereocenters. The molecule has 0 saturated carbocycles. The van der Waals surface area contributed by atoms with E-state index in [0.29, 0.717) is 30.0 Å². The lowest BCUT2D eigenvalue weighted by molar-refractivity contribution is -0.120. The SMILES string of the molecule is CCc1ccc(N2C(=O)C(c3ccc(C)cc3)=C(N3CCc4ccccc4C3)C2=O)cc1. The van der Waals surface area contributed by atoms with Crippen LogP contribution in [0.2, 0.25) is 0 Å². The average molecular weight is 423 g/mol. The Kier molecular flexibility index (Phi) is 5.14. The molecule has 0 fully saturated rings. The standard InChI is InChI=1S/C28H26N2O2/c1-3-20-10-14-24(15-11-20)30-27(31)25(22-12-8-19(2)9-13-22)26(28(30)32)29-17-16-21-6-4-5-7-23(21)18-29/h4-15H,3,16-18H2,1-2H3. The summed E-state index contributed by atoms with van der Waals surface area (Å²) in [5, 5.41) is 0. The van der Waals surface area contributed by atoms with Gasteiger partial charge in [0.2, 0.25) is 0 Å². The molecular weight excluding hydrogens is 396 g/mol. The Morgan fingerprint density at radius 3 is 2.19 bits per heavy atom. The van der Waals surface area contributed by atoms with E-state index in [0.717, 1.165) is 24.0 Å². The zero-order valence-electron chi connectivity index (χ0n) is 18.5. The van der Waals surface area contributed by atoms with Crippen LogP contribution in [-0.4, -0.2) is 23.3 Å². The summed E-state index contributed by atoms with van der Waals surface area (Å²) in [5.41, 5.74) is 7.22. The van der Waals surface area contributed by atoms with Crippen molar-refractivity contribution in [2.45, 2.75) is 33.2 Å². The van der Waals surface area contributed by atoms with Crippen molar-refractivity contribution in [2.75, 3.05) is 11.4 Å². The van der Waals surface area contributed by atoms with E-state index in [-0.39, 0.29) is 11.8 Å². The van der Waals surface area contributed by atoms with Crippen LogP contribution < -0.4 is 4.90 Å². The maximum Gasteiger partial charge on any atom is 0.282 e. The number of aryl methyl sites for hydroxylation is 2. The molecule has 3 aromatic carbocycles. The molecule has 32 heavy (non-hydrogen) atoms. The number of carbonyl (C=O) groups is 2. The highest BCUT2D eigenvalue weighted by atomic mass is 16.2. The van der Waals surface area contributed by atoms with Gasteiger partial charge in [-0.15, -0.1) is 0 Å². The van der Waals surface area contributed by atoms with Crippen molar-refractivity contribution in [1.29, 1.82) is 0 Å². The number of fused-ring (bicyclic) bond motifs is 1. The second-order valence-corrected chi connectivity index (χ2v) is 8.50. The molecule has 160 valence electrons. The molecule has 3 aromatic rings. The Morgan fingerprint density at radius 2 is 1.50 bits per heavy atom. The predicted molar refractivity (Wildman–Crippen MR) is 127 cm³/mol. The number of nitrogens with zero attached hydrogens (tertiary/aromatic N) is 2. The number of benzene rings is 3. The van der Waals surface area contributed by atoms with Crippen molar-refractivity contribution < 1.29 is 9.59 Å².